The molecule has 48 heavy (non-hydrogen) atoms. The molecule has 0 unspecified atom stereocenters. The molecule has 1 aliphatic carbocycles. The highest BCUT2D eigenvalue weighted by Crippen LogP contribution is 2.27. The number of hydrogen-bond donors (Lipinski definition) is 1. The summed E-state index contributed by atoms with van der Waals surface area (Å²) in [4.78, 5) is 40.7. The number of rotatable bonds is 13. The van der Waals surface area contributed by atoms with Crippen LogP contribution in [0.4, 0.5) is 15.8 Å². The van der Waals surface area contributed by atoms with Gasteiger partial charge >= 0.3 is 0 Å². The average molecular weight is 673 g/mol. The SMILES string of the molecule is O=C(NC1CCCCC1)[C@@H](Cc1ccccc1)N(Cc1ccc(F)cc1)C(=O)CN(c1ccc([N+](=O)[O-])cc1)S(=O)(=O)c1ccccc1. The molecule has 5 rings (SSSR count). The molecule has 0 aromatic heterocycles. The lowest BCUT2D eigenvalue weighted by molar-refractivity contribution is -0.384. The van der Waals surface area contributed by atoms with Gasteiger partial charge in [0.1, 0.15) is 18.4 Å². The van der Waals surface area contributed by atoms with Crippen molar-refractivity contribution < 1.29 is 27.3 Å². The Morgan fingerprint density at radius 2 is 1.44 bits per heavy atom. The molecule has 1 saturated carbocycles. The van der Waals surface area contributed by atoms with Crippen LogP contribution in [0.15, 0.2) is 114 Å². The van der Waals surface area contributed by atoms with Crippen LogP contribution in [-0.2, 0) is 32.6 Å². The monoisotopic (exact) mass is 672 g/mol. The van der Waals surface area contributed by atoms with Crippen LogP contribution in [0.25, 0.3) is 0 Å². The lowest BCUT2D eigenvalue weighted by Crippen LogP contribution is -2.55. The number of halogens is 1. The molecule has 0 bridgehead atoms. The Kier molecular flexibility index (Phi) is 11.2. The number of non-ortho nitro benzene ring substituents is 1. The number of anilines is 1. The largest absolute Gasteiger partial charge is 0.352 e. The number of carbonyl (C=O) groups is 2. The van der Waals surface area contributed by atoms with Crippen LogP contribution >= 0.6 is 0 Å². The fourth-order valence-electron chi connectivity index (χ4n) is 5.87. The van der Waals surface area contributed by atoms with E-state index in [1.54, 1.807) is 18.2 Å². The van der Waals surface area contributed by atoms with Crippen molar-refractivity contribution in [3.05, 3.63) is 136 Å². The van der Waals surface area contributed by atoms with E-state index in [-0.39, 0.29) is 41.2 Å². The first-order valence-corrected chi connectivity index (χ1v) is 17.3. The van der Waals surface area contributed by atoms with Crippen LogP contribution in [-0.4, -0.2) is 48.7 Å². The number of benzene rings is 4. The summed E-state index contributed by atoms with van der Waals surface area (Å²) >= 11 is 0. The minimum atomic E-state index is -4.36. The van der Waals surface area contributed by atoms with E-state index < -0.39 is 39.3 Å². The van der Waals surface area contributed by atoms with Gasteiger partial charge in [0.2, 0.25) is 11.8 Å². The Hall–Kier alpha value is -5.10. The van der Waals surface area contributed by atoms with Crippen molar-refractivity contribution in [1.82, 2.24) is 10.2 Å². The van der Waals surface area contributed by atoms with Crippen LogP contribution in [0.5, 0.6) is 0 Å². The smallest absolute Gasteiger partial charge is 0.269 e. The van der Waals surface area contributed by atoms with Crippen molar-refractivity contribution in [3.8, 4) is 0 Å². The molecule has 12 heteroatoms. The Morgan fingerprint density at radius 3 is 2.04 bits per heavy atom. The summed E-state index contributed by atoms with van der Waals surface area (Å²) in [7, 11) is -4.36. The Balaban J connectivity index is 1.56. The lowest BCUT2D eigenvalue weighted by Gasteiger charge is -2.35. The summed E-state index contributed by atoms with van der Waals surface area (Å²) in [5, 5.41) is 14.5. The van der Waals surface area contributed by atoms with Crippen molar-refractivity contribution >= 4 is 33.2 Å². The van der Waals surface area contributed by atoms with E-state index in [0.29, 0.717) is 5.56 Å². The van der Waals surface area contributed by atoms with Crippen molar-refractivity contribution in [2.24, 2.45) is 0 Å². The first-order chi connectivity index (χ1) is 23.1. The number of nitrogens with one attached hydrogen (secondary N) is 1. The van der Waals surface area contributed by atoms with Gasteiger partial charge in [-0.3, -0.25) is 24.0 Å². The Bertz CT molecular complexity index is 1800. The molecular formula is C36H37FN4O6S. The van der Waals surface area contributed by atoms with Crippen LogP contribution in [0.2, 0.25) is 0 Å². The first-order valence-electron chi connectivity index (χ1n) is 15.8. The molecule has 4 aromatic carbocycles. The molecule has 2 amide bonds. The third-order valence-electron chi connectivity index (χ3n) is 8.45. The summed E-state index contributed by atoms with van der Waals surface area (Å²) in [6, 6.07) is 26.1. The van der Waals surface area contributed by atoms with E-state index in [9.17, 15) is 32.5 Å². The van der Waals surface area contributed by atoms with E-state index in [0.717, 1.165) is 42.0 Å². The van der Waals surface area contributed by atoms with Gasteiger partial charge in [-0.2, -0.15) is 0 Å². The molecule has 1 N–H and O–H groups in total. The summed E-state index contributed by atoms with van der Waals surface area (Å²) in [6.07, 6.45) is 4.83. The molecule has 4 aromatic rings. The summed E-state index contributed by atoms with van der Waals surface area (Å²) in [6.45, 7) is -0.813. The van der Waals surface area contributed by atoms with Crippen LogP contribution in [0.3, 0.4) is 0 Å². The minimum Gasteiger partial charge on any atom is -0.352 e. The molecule has 1 aliphatic rings. The number of sulfonamides is 1. The van der Waals surface area contributed by atoms with Crippen LogP contribution < -0.4 is 9.62 Å². The van der Waals surface area contributed by atoms with Gasteiger partial charge in [-0.15, -0.1) is 0 Å². The summed E-state index contributed by atoms with van der Waals surface area (Å²) in [5.41, 5.74) is 1.12. The van der Waals surface area contributed by atoms with Crippen molar-refractivity contribution in [2.45, 2.75) is 62.0 Å². The van der Waals surface area contributed by atoms with E-state index in [4.69, 9.17) is 0 Å². The highest BCUT2D eigenvalue weighted by Gasteiger charge is 2.35. The summed E-state index contributed by atoms with van der Waals surface area (Å²) < 4.78 is 42.9. The standard InChI is InChI=1S/C36H37FN4O6S/c37-29-18-16-28(17-19-29)25-39(34(24-27-10-4-1-5-11-27)36(43)38-30-12-6-2-7-13-30)35(42)26-40(31-20-22-32(23-21-31)41(44)45)48(46,47)33-14-8-3-9-15-33/h1,3-5,8-11,14-23,30,34H,2,6-7,12-13,24-26H2,(H,38,43)/t34-/m1/s1. The zero-order chi connectivity index (χ0) is 34.1. The zero-order valence-electron chi connectivity index (χ0n) is 26.3. The van der Waals surface area contributed by atoms with Gasteiger partial charge in [0.05, 0.1) is 15.5 Å². The number of nitrogens with zero attached hydrogens (tertiary/aromatic N) is 3. The van der Waals surface area contributed by atoms with Gasteiger partial charge in [-0.1, -0.05) is 79.9 Å². The Labute approximate surface area is 279 Å². The topological polar surface area (TPSA) is 130 Å². The molecule has 0 heterocycles. The van der Waals surface area contributed by atoms with Crippen molar-refractivity contribution in [3.63, 3.8) is 0 Å². The van der Waals surface area contributed by atoms with Crippen LogP contribution in [0, 0.1) is 15.9 Å². The van der Waals surface area contributed by atoms with Crippen molar-refractivity contribution in [2.75, 3.05) is 10.8 Å². The van der Waals surface area contributed by atoms with Gasteiger partial charge in [0.15, 0.2) is 0 Å². The number of carbonyl (C=O) groups excluding carboxylic acids is 2. The molecule has 1 atom stereocenters. The summed E-state index contributed by atoms with van der Waals surface area (Å²) in [5.74, 6) is -1.52. The second-order valence-electron chi connectivity index (χ2n) is 11.8. The molecule has 0 saturated heterocycles. The molecule has 0 aliphatic heterocycles. The predicted octanol–water partition coefficient (Wildman–Crippen LogP) is 6.02. The second-order valence-corrected chi connectivity index (χ2v) is 13.7. The predicted molar refractivity (Wildman–Crippen MR) is 180 cm³/mol. The van der Waals surface area contributed by atoms with Gasteiger partial charge in [0.25, 0.3) is 15.7 Å². The highest BCUT2D eigenvalue weighted by atomic mass is 32.2. The maximum Gasteiger partial charge on any atom is 0.269 e. The molecule has 1 fully saturated rings. The maximum absolute atomic E-state index is 14.5. The van der Waals surface area contributed by atoms with Gasteiger partial charge < -0.3 is 10.2 Å². The van der Waals surface area contributed by atoms with Gasteiger partial charge in [-0.25, -0.2) is 12.8 Å². The minimum absolute atomic E-state index is 0.0331. The van der Waals surface area contributed by atoms with E-state index >= 15 is 0 Å². The first kappa shape index (κ1) is 34.2. The Morgan fingerprint density at radius 1 is 0.833 bits per heavy atom. The lowest BCUT2D eigenvalue weighted by atomic mass is 9.94. The number of amides is 2. The number of hydrogen-bond acceptors (Lipinski definition) is 6. The van der Waals surface area contributed by atoms with E-state index in [1.165, 1.54) is 65.6 Å². The molecule has 10 nitrogen and oxygen atoms in total. The third kappa shape index (κ3) is 8.62. The third-order valence-corrected chi connectivity index (χ3v) is 10.2. The average Bonchev–Trinajstić information content (AvgIpc) is 3.10. The normalized spacial score (nSPS) is 14.1. The fraction of sp³-hybridized carbons (Fsp3) is 0.278. The number of nitro groups is 1. The molecule has 250 valence electrons. The fourth-order valence-corrected chi connectivity index (χ4v) is 7.31. The van der Waals surface area contributed by atoms with Gasteiger partial charge in [0, 0.05) is 31.1 Å². The quantitative estimate of drug-likeness (QED) is 0.137. The zero-order valence-corrected chi connectivity index (χ0v) is 27.1. The second kappa shape index (κ2) is 15.7. The van der Waals surface area contributed by atoms with E-state index in [1.807, 2.05) is 30.3 Å². The number of nitro benzene ring substituents is 1. The van der Waals surface area contributed by atoms with E-state index in [2.05, 4.69) is 5.32 Å². The van der Waals surface area contributed by atoms with Gasteiger partial charge in [-0.05, 0) is 60.4 Å². The molecular weight excluding hydrogens is 635 g/mol. The highest BCUT2D eigenvalue weighted by molar-refractivity contribution is 7.92. The van der Waals surface area contributed by atoms with Crippen molar-refractivity contribution in [1.29, 1.82) is 0 Å². The molecule has 0 radical (unpaired) electrons. The molecule has 0 spiro atoms. The maximum atomic E-state index is 14.5. The van der Waals surface area contributed by atoms with Crippen LogP contribution in [0.1, 0.15) is 43.2 Å².